The minimum atomic E-state index is -0.599. The standard InChI is InChI=1S/C24H26N2O4/c1-3-17-9-11-18(12-10-17)21-15-22(23(28)26-19-7-5-13-25-16-19)30-24(29-4-2)20(21)8-6-14-27/h1,5,7,9-13,15-16,20-21,24,27H,4,6,8,14H2,2H3,(H,26,28)/t20-,21-,24-/m1/s1. The molecule has 1 aromatic heterocycles. The number of aliphatic hydroxyl groups is 1. The molecule has 0 aliphatic carbocycles. The number of carbonyl (C=O) groups excluding carboxylic acids is 1. The number of aliphatic hydroxyl groups excluding tert-OH is 1. The van der Waals surface area contributed by atoms with E-state index in [9.17, 15) is 9.90 Å². The molecule has 0 radical (unpaired) electrons. The van der Waals surface area contributed by atoms with Crippen LogP contribution in [-0.4, -0.2) is 35.5 Å². The Bertz CT molecular complexity index is 903. The highest BCUT2D eigenvalue weighted by Gasteiger charge is 2.37. The number of benzene rings is 1. The maximum absolute atomic E-state index is 12.9. The van der Waals surface area contributed by atoms with Crippen molar-refractivity contribution in [3.8, 4) is 12.3 Å². The SMILES string of the molecule is C#Cc1ccc([C@H]2C=C(C(=O)Nc3cccnc3)O[C@@H](OCC)[C@@H]2CCCO)cc1. The number of rotatable bonds is 8. The van der Waals surface area contributed by atoms with Crippen molar-refractivity contribution in [3.05, 3.63) is 71.8 Å². The summed E-state index contributed by atoms with van der Waals surface area (Å²) in [5.41, 5.74) is 2.38. The Kier molecular flexibility index (Phi) is 7.61. The quantitative estimate of drug-likeness (QED) is 0.657. The van der Waals surface area contributed by atoms with E-state index < -0.39 is 6.29 Å². The molecule has 1 aliphatic heterocycles. The lowest BCUT2D eigenvalue weighted by Crippen LogP contribution is -2.37. The van der Waals surface area contributed by atoms with Gasteiger partial charge in [0.1, 0.15) is 0 Å². The van der Waals surface area contributed by atoms with Crippen molar-refractivity contribution in [1.29, 1.82) is 0 Å². The summed E-state index contributed by atoms with van der Waals surface area (Å²) in [4.78, 5) is 16.9. The van der Waals surface area contributed by atoms with Crippen molar-refractivity contribution >= 4 is 11.6 Å². The van der Waals surface area contributed by atoms with Crippen LogP contribution in [0.3, 0.4) is 0 Å². The molecule has 2 N–H and O–H groups in total. The summed E-state index contributed by atoms with van der Waals surface area (Å²) < 4.78 is 11.8. The summed E-state index contributed by atoms with van der Waals surface area (Å²) in [6.45, 7) is 2.41. The minimum absolute atomic E-state index is 0.0521. The normalized spacial score (nSPS) is 20.6. The Morgan fingerprint density at radius 3 is 2.77 bits per heavy atom. The predicted molar refractivity (Wildman–Crippen MR) is 114 cm³/mol. The van der Waals surface area contributed by atoms with Crippen molar-refractivity contribution in [2.45, 2.75) is 32.0 Å². The first kappa shape index (κ1) is 21.6. The largest absolute Gasteiger partial charge is 0.459 e. The second-order valence-corrected chi connectivity index (χ2v) is 6.99. The van der Waals surface area contributed by atoms with Crippen molar-refractivity contribution in [2.24, 2.45) is 5.92 Å². The van der Waals surface area contributed by atoms with E-state index in [0.717, 1.165) is 11.1 Å². The topological polar surface area (TPSA) is 80.7 Å². The van der Waals surface area contributed by atoms with Gasteiger partial charge in [-0.1, -0.05) is 18.1 Å². The predicted octanol–water partition coefficient (Wildman–Crippen LogP) is 3.45. The fraction of sp³-hybridized carbons (Fsp3) is 0.333. The van der Waals surface area contributed by atoms with E-state index >= 15 is 0 Å². The summed E-state index contributed by atoms with van der Waals surface area (Å²) in [6.07, 6.45) is 11.2. The number of aromatic nitrogens is 1. The molecule has 1 amide bonds. The molecule has 0 spiro atoms. The molecule has 0 bridgehead atoms. The molecule has 156 valence electrons. The van der Waals surface area contributed by atoms with E-state index in [1.165, 1.54) is 0 Å². The zero-order valence-corrected chi connectivity index (χ0v) is 17.0. The number of nitrogens with one attached hydrogen (secondary N) is 1. The van der Waals surface area contributed by atoms with Crippen LogP contribution in [0, 0.1) is 18.3 Å². The van der Waals surface area contributed by atoms with Gasteiger partial charge >= 0.3 is 0 Å². The lowest BCUT2D eigenvalue weighted by Gasteiger charge is -2.37. The van der Waals surface area contributed by atoms with Crippen molar-refractivity contribution in [2.75, 3.05) is 18.5 Å². The van der Waals surface area contributed by atoms with Crippen LogP contribution in [0.2, 0.25) is 0 Å². The number of amides is 1. The zero-order chi connectivity index (χ0) is 21.3. The van der Waals surface area contributed by atoms with Gasteiger partial charge in [0.25, 0.3) is 5.91 Å². The first-order valence-corrected chi connectivity index (χ1v) is 10.0. The molecular weight excluding hydrogens is 380 g/mol. The van der Waals surface area contributed by atoms with Gasteiger partial charge in [-0.05, 0) is 55.7 Å². The Labute approximate surface area is 176 Å². The maximum Gasteiger partial charge on any atom is 0.290 e. The van der Waals surface area contributed by atoms with E-state index in [4.69, 9.17) is 15.9 Å². The average molecular weight is 406 g/mol. The van der Waals surface area contributed by atoms with Gasteiger partial charge in [-0.2, -0.15) is 0 Å². The molecule has 0 saturated heterocycles. The summed E-state index contributed by atoms with van der Waals surface area (Å²) in [7, 11) is 0. The maximum atomic E-state index is 12.9. The molecule has 2 aromatic rings. The van der Waals surface area contributed by atoms with Gasteiger partial charge in [0.15, 0.2) is 5.76 Å². The molecular formula is C24H26N2O4. The monoisotopic (exact) mass is 406 g/mol. The Morgan fingerprint density at radius 1 is 1.33 bits per heavy atom. The van der Waals surface area contributed by atoms with Gasteiger partial charge in [-0.3, -0.25) is 9.78 Å². The summed E-state index contributed by atoms with van der Waals surface area (Å²) in [5.74, 6) is 2.28. The number of allylic oxidation sites excluding steroid dienone is 1. The Hall–Kier alpha value is -3.14. The number of hydrogen-bond donors (Lipinski definition) is 2. The molecule has 0 fully saturated rings. The van der Waals surface area contributed by atoms with Crippen LogP contribution >= 0.6 is 0 Å². The third-order valence-electron chi connectivity index (χ3n) is 5.02. The van der Waals surface area contributed by atoms with Crippen LogP contribution in [0.1, 0.15) is 36.8 Å². The van der Waals surface area contributed by atoms with Crippen LogP contribution in [-0.2, 0) is 14.3 Å². The Morgan fingerprint density at radius 2 is 2.13 bits per heavy atom. The van der Waals surface area contributed by atoms with E-state index in [1.54, 1.807) is 24.5 Å². The van der Waals surface area contributed by atoms with Crippen LogP contribution in [0.15, 0.2) is 60.6 Å². The zero-order valence-electron chi connectivity index (χ0n) is 17.0. The number of nitrogens with zero attached hydrogens (tertiary/aromatic N) is 1. The van der Waals surface area contributed by atoms with Gasteiger partial charge < -0.3 is 19.9 Å². The second kappa shape index (κ2) is 10.6. The highest BCUT2D eigenvalue weighted by atomic mass is 16.7. The highest BCUT2D eigenvalue weighted by Crippen LogP contribution is 2.39. The van der Waals surface area contributed by atoms with E-state index in [2.05, 4.69) is 16.2 Å². The van der Waals surface area contributed by atoms with Crippen molar-refractivity contribution in [1.82, 2.24) is 4.98 Å². The number of carbonyl (C=O) groups is 1. The lowest BCUT2D eigenvalue weighted by atomic mass is 9.80. The molecule has 2 heterocycles. The van der Waals surface area contributed by atoms with Gasteiger partial charge in [0.2, 0.25) is 6.29 Å². The van der Waals surface area contributed by atoms with Crippen molar-refractivity contribution < 1.29 is 19.4 Å². The first-order valence-electron chi connectivity index (χ1n) is 10.0. The smallest absolute Gasteiger partial charge is 0.290 e. The van der Waals surface area contributed by atoms with Gasteiger partial charge in [0.05, 0.1) is 11.9 Å². The number of hydrogen-bond acceptors (Lipinski definition) is 5. The molecule has 6 nitrogen and oxygen atoms in total. The molecule has 0 saturated carbocycles. The van der Waals surface area contributed by atoms with Crippen LogP contribution < -0.4 is 5.32 Å². The molecule has 6 heteroatoms. The fourth-order valence-electron chi connectivity index (χ4n) is 3.58. The number of terminal acetylenes is 1. The van der Waals surface area contributed by atoms with Crippen LogP contribution in [0.25, 0.3) is 0 Å². The van der Waals surface area contributed by atoms with Crippen LogP contribution in [0.4, 0.5) is 5.69 Å². The van der Waals surface area contributed by atoms with Crippen LogP contribution in [0.5, 0.6) is 0 Å². The van der Waals surface area contributed by atoms with Gasteiger partial charge in [0, 0.05) is 36.8 Å². The molecule has 3 rings (SSSR count). The average Bonchev–Trinajstić information content (AvgIpc) is 2.78. The molecule has 0 unspecified atom stereocenters. The number of pyridine rings is 1. The third-order valence-corrected chi connectivity index (χ3v) is 5.02. The second-order valence-electron chi connectivity index (χ2n) is 6.99. The third kappa shape index (κ3) is 5.26. The minimum Gasteiger partial charge on any atom is -0.459 e. The molecule has 30 heavy (non-hydrogen) atoms. The molecule has 1 aliphatic rings. The summed E-state index contributed by atoms with van der Waals surface area (Å²) >= 11 is 0. The molecule has 3 atom stereocenters. The summed E-state index contributed by atoms with van der Waals surface area (Å²) in [5, 5.41) is 12.2. The molecule has 1 aromatic carbocycles. The fourth-order valence-corrected chi connectivity index (χ4v) is 3.58. The number of anilines is 1. The highest BCUT2D eigenvalue weighted by molar-refractivity contribution is 6.02. The van der Waals surface area contributed by atoms with E-state index in [-0.39, 0.29) is 30.1 Å². The van der Waals surface area contributed by atoms with E-state index in [1.807, 2.05) is 37.3 Å². The summed E-state index contributed by atoms with van der Waals surface area (Å²) in [6, 6.07) is 11.2. The van der Waals surface area contributed by atoms with Gasteiger partial charge in [-0.15, -0.1) is 6.42 Å². The van der Waals surface area contributed by atoms with Gasteiger partial charge in [-0.25, -0.2) is 0 Å². The first-order chi connectivity index (χ1) is 14.7. The van der Waals surface area contributed by atoms with Crippen molar-refractivity contribution in [3.63, 3.8) is 0 Å². The Balaban J connectivity index is 1.93. The lowest BCUT2D eigenvalue weighted by molar-refractivity contribution is -0.165. The van der Waals surface area contributed by atoms with E-state index in [0.29, 0.717) is 25.1 Å². The number of ether oxygens (including phenoxy) is 2.